The molecule has 1 aromatic rings. The molecule has 0 saturated heterocycles. The van der Waals surface area contributed by atoms with Crippen molar-refractivity contribution in [2.45, 2.75) is 38.9 Å². The highest BCUT2D eigenvalue weighted by atomic mass is 16.6. The Labute approximate surface area is 90.2 Å². The molecule has 0 atom stereocenters. The molecular formula is C12H17NO2. The summed E-state index contributed by atoms with van der Waals surface area (Å²) in [6, 6.07) is 5.46. The number of benzene rings is 1. The smallest absolute Gasteiger partial charge is 0.164 e. The fourth-order valence-electron chi connectivity index (χ4n) is 1.48. The molecule has 0 amide bonds. The van der Waals surface area contributed by atoms with E-state index in [1.807, 2.05) is 39.8 Å². The van der Waals surface area contributed by atoms with E-state index in [0.29, 0.717) is 5.69 Å². The van der Waals surface area contributed by atoms with Gasteiger partial charge in [-0.1, -0.05) is 0 Å². The zero-order valence-electron chi connectivity index (χ0n) is 9.63. The minimum absolute atomic E-state index is 0.351. The second kappa shape index (κ2) is 2.81. The minimum Gasteiger partial charge on any atom is -0.480 e. The highest BCUT2D eigenvalue weighted by molar-refractivity contribution is 5.53. The van der Waals surface area contributed by atoms with Crippen LogP contribution >= 0.6 is 0 Å². The van der Waals surface area contributed by atoms with Gasteiger partial charge in [0.05, 0.1) is 0 Å². The van der Waals surface area contributed by atoms with Crippen LogP contribution in [0.4, 0.5) is 5.69 Å². The molecule has 1 aliphatic heterocycles. The Kier molecular flexibility index (Phi) is 1.90. The molecule has 2 rings (SSSR count). The number of rotatable bonds is 0. The number of fused-ring (bicyclic) bond motifs is 1. The summed E-state index contributed by atoms with van der Waals surface area (Å²) >= 11 is 0. The lowest BCUT2D eigenvalue weighted by Crippen LogP contribution is -2.56. The molecule has 0 aliphatic carbocycles. The molecule has 0 fully saturated rings. The number of nitrogen functional groups attached to an aromatic ring is 1. The summed E-state index contributed by atoms with van der Waals surface area (Å²) in [5, 5.41) is 0. The minimum atomic E-state index is -0.367. The molecule has 1 aliphatic rings. The summed E-state index contributed by atoms with van der Waals surface area (Å²) in [7, 11) is 0. The van der Waals surface area contributed by atoms with Gasteiger partial charge in [-0.3, -0.25) is 0 Å². The van der Waals surface area contributed by atoms with Crippen LogP contribution in [0.1, 0.15) is 27.7 Å². The average Bonchev–Trinajstić information content (AvgIpc) is 2.07. The molecule has 0 spiro atoms. The van der Waals surface area contributed by atoms with E-state index >= 15 is 0 Å². The monoisotopic (exact) mass is 207 g/mol. The molecule has 0 unspecified atom stereocenters. The standard InChI is InChI=1S/C12H17NO2/c1-11(2)12(3,4)15-10-7-8(13)5-6-9(10)14-11/h5-7H,13H2,1-4H3. The van der Waals surface area contributed by atoms with Crippen LogP contribution in [0.5, 0.6) is 11.5 Å². The third kappa shape index (κ3) is 1.52. The van der Waals surface area contributed by atoms with Gasteiger partial charge in [0.25, 0.3) is 0 Å². The van der Waals surface area contributed by atoms with Crippen molar-refractivity contribution >= 4 is 5.69 Å². The van der Waals surface area contributed by atoms with E-state index in [0.717, 1.165) is 11.5 Å². The van der Waals surface area contributed by atoms with Gasteiger partial charge < -0.3 is 15.2 Å². The second-order valence-electron chi connectivity index (χ2n) is 4.93. The SMILES string of the molecule is CC1(C)Oc2ccc(N)cc2OC1(C)C. The third-order valence-electron chi connectivity index (χ3n) is 3.15. The van der Waals surface area contributed by atoms with Crippen molar-refractivity contribution < 1.29 is 9.47 Å². The fourth-order valence-corrected chi connectivity index (χ4v) is 1.48. The predicted octanol–water partition coefficient (Wildman–Crippen LogP) is 2.60. The highest BCUT2D eigenvalue weighted by Crippen LogP contribution is 2.43. The zero-order valence-corrected chi connectivity index (χ0v) is 9.63. The second-order valence-corrected chi connectivity index (χ2v) is 4.93. The molecule has 0 radical (unpaired) electrons. The summed E-state index contributed by atoms with van der Waals surface area (Å²) in [4.78, 5) is 0. The Balaban J connectivity index is 2.47. The fraction of sp³-hybridized carbons (Fsp3) is 0.500. The third-order valence-corrected chi connectivity index (χ3v) is 3.15. The van der Waals surface area contributed by atoms with E-state index < -0.39 is 0 Å². The first-order valence-electron chi connectivity index (χ1n) is 5.09. The Morgan fingerprint density at radius 3 is 2.07 bits per heavy atom. The Bertz CT molecular complexity index is 397. The van der Waals surface area contributed by atoms with Gasteiger partial charge >= 0.3 is 0 Å². The average molecular weight is 207 g/mol. The first kappa shape index (κ1) is 10.1. The van der Waals surface area contributed by atoms with Crippen LogP contribution in [-0.4, -0.2) is 11.2 Å². The molecule has 1 heterocycles. The molecule has 3 heteroatoms. The molecule has 0 aromatic heterocycles. The van der Waals surface area contributed by atoms with Crippen molar-refractivity contribution in [2.24, 2.45) is 0 Å². The van der Waals surface area contributed by atoms with E-state index in [4.69, 9.17) is 15.2 Å². The van der Waals surface area contributed by atoms with Gasteiger partial charge in [0.2, 0.25) is 0 Å². The predicted molar refractivity (Wildman–Crippen MR) is 60.3 cm³/mol. The molecule has 0 bridgehead atoms. The van der Waals surface area contributed by atoms with Gasteiger partial charge in [-0.15, -0.1) is 0 Å². The normalized spacial score (nSPS) is 21.1. The lowest BCUT2D eigenvalue weighted by atomic mass is 9.88. The lowest BCUT2D eigenvalue weighted by Gasteiger charge is -2.45. The maximum atomic E-state index is 5.91. The highest BCUT2D eigenvalue weighted by Gasteiger charge is 2.45. The topological polar surface area (TPSA) is 44.5 Å². The molecule has 15 heavy (non-hydrogen) atoms. The first-order chi connectivity index (χ1) is 6.82. The summed E-state index contributed by atoms with van der Waals surface area (Å²) in [5.74, 6) is 1.48. The van der Waals surface area contributed by atoms with E-state index in [1.165, 1.54) is 0 Å². The van der Waals surface area contributed by atoms with Crippen molar-refractivity contribution in [1.29, 1.82) is 0 Å². The van der Waals surface area contributed by atoms with Crippen molar-refractivity contribution in [3.8, 4) is 11.5 Å². The molecule has 3 nitrogen and oxygen atoms in total. The van der Waals surface area contributed by atoms with Crippen LogP contribution in [0.2, 0.25) is 0 Å². The van der Waals surface area contributed by atoms with Crippen molar-refractivity contribution in [1.82, 2.24) is 0 Å². The molecular weight excluding hydrogens is 190 g/mol. The number of nitrogens with two attached hydrogens (primary N) is 1. The molecule has 1 aromatic carbocycles. The summed E-state index contributed by atoms with van der Waals surface area (Å²) < 4.78 is 11.8. The quantitative estimate of drug-likeness (QED) is 0.665. The van der Waals surface area contributed by atoms with E-state index in [-0.39, 0.29) is 11.2 Å². The van der Waals surface area contributed by atoms with Crippen LogP contribution in [0.3, 0.4) is 0 Å². The van der Waals surface area contributed by atoms with Gasteiger partial charge in [0, 0.05) is 11.8 Å². The first-order valence-corrected chi connectivity index (χ1v) is 5.09. The van der Waals surface area contributed by atoms with E-state index in [9.17, 15) is 0 Å². The number of hydrogen-bond donors (Lipinski definition) is 1. The van der Waals surface area contributed by atoms with Gasteiger partial charge in [0.1, 0.15) is 11.2 Å². The van der Waals surface area contributed by atoms with Crippen LogP contribution in [0.25, 0.3) is 0 Å². The summed E-state index contributed by atoms with van der Waals surface area (Å²) in [6.45, 7) is 8.07. The largest absolute Gasteiger partial charge is 0.480 e. The van der Waals surface area contributed by atoms with Crippen molar-refractivity contribution in [2.75, 3.05) is 5.73 Å². The Hall–Kier alpha value is -1.38. The summed E-state index contributed by atoms with van der Waals surface area (Å²) in [5.41, 5.74) is 5.67. The van der Waals surface area contributed by atoms with Gasteiger partial charge in [-0.2, -0.15) is 0 Å². The van der Waals surface area contributed by atoms with E-state index in [1.54, 1.807) is 6.07 Å². The number of anilines is 1. The van der Waals surface area contributed by atoms with Crippen LogP contribution in [0, 0.1) is 0 Å². The van der Waals surface area contributed by atoms with Gasteiger partial charge in [0.15, 0.2) is 11.5 Å². The Morgan fingerprint density at radius 2 is 1.47 bits per heavy atom. The van der Waals surface area contributed by atoms with Crippen molar-refractivity contribution in [3.05, 3.63) is 18.2 Å². The maximum Gasteiger partial charge on any atom is 0.164 e. The zero-order chi connectivity index (χ0) is 11.3. The van der Waals surface area contributed by atoms with Gasteiger partial charge in [-0.25, -0.2) is 0 Å². The summed E-state index contributed by atoms with van der Waals surface area (Å²) in [6.07, 6.45) is 0. The van der Waals surface area contributed by atoms with Crippen molar-refractivity contribution in [3.63, 3.8) is 0 Å². The number of ether oxygens (including phenoxy) is 2. The van der Waals surface area contributed by atoms with Crippen LogP contribution in [0.15, 0.2) is 18.2 Å². The van der Waals surface area contributed by atoms with E-state index in [2.05, 4.69) is 0 Å². The number of hydrogen-bond acceptors (Lipinski definition) is 3. The van der Waals surface area contributed by atoms with Crippen LogP contribution in [-0.2, 0) is 0 Å². The molecule has 82 valence electrons. The Morgan fingerprint density at radius 1 is 0.933 bits per heavy atom. The molecule has 0 saturated carbocycles. The maximum absolute atomic E-state index is 5.91. The van der Waals surface area contributed by atoms with Gasteiger partial charge in [-0.05, 0) is 39.8 Å². The lowest BCUT2D eigenvalue weighted by molar-refractivity contribution is -0.0990. The molecule has 2 N–H and O–H groups in total. The van der Waals surface area contributed by atoms with Crippen LogP contribution < -0.4 is 15.2 Å².